The molecule has 0 radical (unpaired) electrons. The van der Waals surface area contributed by atoms with E-state index in [4.69, 9.17) is 5.11 Å². The van der Waals surface area contributed by atoms with Crippen molar-refractivity contribution in [2.24, 2.45) is 0 Å². The summed E-state index contributed by atoms with van der Waals surface area (Å²) < 4.78 is 27.4. The van der Waals surface area contributed by atoms with E-state index < -0.39 is 11.6 Å². The van der Waals surface area contributed by atoms with Gasteiger partial charge in [-0.25, -0.2) is 13.6 Å². The molecule has 176 valence electrons. The molecule has 2 aromatic rings. The van der Waals surface area contributed by atoms with Gasteiger partial charge < -0.3 is 25.5 Å². The Bertz CT molecular complexity index is 1050. The van der Waals surface area contributed by atoms with Gasteiger partial charge in [0, 0.05) is 50.9 Å². The molecule has 0 aromatic heterocycles. The second-order valence-electron chi connectivity index (χ2n) is 8.66. The van der Waals surface area contributed by atoms with Gasteiger partial charge in [-0.1, -0.05) is 6.07 Å². The van der Waals surface area contributed by atoms with Crippen molar-refractivity contribution in [1.82, 2.24) is 10.2 Å². The van der Waals surface area contributed by atoms with Crippen LogP contribution in [0.4, 0.5) is 25.0 Å². The smallest absolute Gasteiger partial charge is 0.317 e. The molecule has 1 saturated heterocycles. The number of likely N-dealkylation sites (tertiary alicyclic amines) is 1. The standard InChI is InChI=1S/C24H28F2N4O3/c1-29-21-5-3-17(25)13-18(21)22(32)14-24(29)6-9-30(10-7-24)23(33)28-15-16-2-4-19(26)20(12-16)27-8-11-31/h2-5,12-13,27,31H,6-11,14-15H2,1H3,(H,28,33). The Morgan fingerprint density at radius 1 is 1.15 bits per heavy atom. The zero-order valence-corrected chi connectivity index (χ0v) is 18.5. The van der Waals surface area contributed by atoms with Gasteiger partial charge in [0.25, 0.3) is 0 Å². The largest absolute Gasteiger partial charge is 0.395 e. The highest BCUT2D eigenvalue weighted by Crippen LogP contribution is 2.41. The topological polar surface area (TPSA) is 84.9 Å². The number of hydrogen-bond donors (Lipinski definition) is 3. The van der Waals surface area contributed by atoms with E-state index in [1.54, 1.807) is 23.1 Å². The lowest BCUT2D eigenvalue weighted by atomic mass is 9.77. The molecule has 2 heterocycles. The number of carbonyl (C=O) groups is 2. The quantitative estimate of drug-likeness (QED) is 0.641. The summed E-state index contributed by atoms with van der Waals surface area (Å²) in [6.07, 6.45) is 1.56. The lowest BCUT2D eigenvalue weighted by Crippen LogP contribution is -2.59. The molecule has 0 bridgehead atoms. The molecule has 0 atom stereocenters. The van der Waals surface area contributed by atoms with Gasteiger partial charge in [0.05, 0.1) is 17.8 Å². The number of halogens is 2. The van der Waals surface area contributed by atoms with Crippen molar-refractivity contribution in [3.8, 4) is 0 Å². The van der Waals surface area contributed by atoms with Gasteiger partial charge in [-0.3, -0.25) is 4.79 Å². The third-order valence-electron chi connectivity index (χ3n) is 6.70. The first-order chi connectivity index (χ1) is 15.8. The minimum absolute atomic E-state index is 0.0672. The number of rotatable bonds is 5. The third-order valence-corrected chi connectivity index (χ3v) is 6.70. The molecule has 1 fully saturated rings. The van der Waals surface area contributed by atoms with Crippen LogP contribution in [0.3, 0.4) is 0 Å². The van der Waals surface area contributed by atoms with Crippen LogP contribution in [0.2, 0.25) is 0 Å². The summed E-state index contributed by atoms with van der Waals surface area (Å²) in [5.41, 5.74) is 1.77. The molecular formula is C24H28F2N4O3. The van der Waals surface area contributed by atoms with Crippen LogP contribution in [0.5, 0.6) is 0 Å². The first-order valence-electron chi connectivity index (χ1n) is 11.1. The summed E-state index contributed by atoms with van der Waals surface area (Å²) in [5, 5.41) is 14.6. The van der Waals surface area contributed by atoms with Gasteiger partial charge in [-0.2, -0.15) is 0 Å². The first kappa shape index (κ1) is 23.0. The van der Waals surface area contributed by atoms with Gasteiger partial charge >= 0.3 is 6.03 Å². The summed E-state index contributed by atoms with van der Waals surface area (Å²) in [6, 6.07) is 8.63. The Morgan fingerprint density at radius 2 is 1.91 bits per heavy atom. The number of aliphatic hydroxyl groups excluding tert-OH is 1. The summed E-state index contributed by atoms with van der Waals surface area (Å²) >= 11 is 0. The summed E-state index contributed by atoms with van der Waals surface area (Å²) in [7, 11) is 1.93. The van der Waals surface area contributed by atoms with Crippen molar-refractivity contribution in [3.63, 3.8) is 0 Å². The van der Waals surface area contributed by atoms with Crippen molar-refractivity contribution in [2.75, 3.05) is 43.5 Å². The number of anilines is 2. The average molecular weight is 459 g/mol. The maximum atomic E-state index is 13.8. The van der Waals surface area contributed by atoms with Gasteiger partial charge in [0.15, 0.2) is 5.78 Å². The maximum absolute atomic E-state index is 13.8. The Hall–Kier alpha value is -3.20. The van der Waals surface area contributed by atoms with E-state index in [0.717, 1.165) is 11.3 Å². The second-order valence-corrected chi connectivity index (χ2v) is 8.66. The number of aliphatic hydroxyl groups is 1. The van der Waals surface area contributed by atoms with Crippen LogP contribution in [0.1, 0.15) is 35.2 Å². The number of nitrogens with zero attached hydrogens (tertiary/aromatic N) is 2. The molecule has 4 rings (SSSR count). The highest BCUT2D eigenvalue weighted by atomic mass is 19.1. The van der Waals surface area contributed by atoms with Crippen molar-refractivity contribution < 1.29 is 23.5 Å². The summed E-state index contributed by atoms with van der Waals surface area (Å²) in [6.45, 7) is 1.35. The molecule has 33 heavy (non-hydrogen) atoms. The molecule has 0 aliphatic carbocycles. The van der Waals surface area contributed by atoms with Crippen molar-refractivity contribution >= 4 is 23.2 Å². The molecule has 2 amide bonds. The van der Waals surface area contributed by atoms with E-state index in [2.05, 4.69) is 15.5 Å². The fourth-order valence-corrected chi connectivity index (χ4v) is 4.73. The molecule has 9 heteroatoms. The maximum Gasteiger partial charge on any atom is 0.317 e. The van der Waals surface area contributed by atoms with Gasteiger partial charge in [0.1, 0.15) is 11.6 Å². The minimum atomic E-state index is -0.421. The number of hydrogen-bond acceptors (Lipinski definition) is 5. The number of ketones is 1. The fourth-order valence-electron chi connectivity index (χ4n) is 4.73. The van der Waals surface area contributed by atoms with Crippen LogP contribution < -0.4 is 15.5 Å². The van der Waals surface area contributed by atoms with Gasteiger partial charge in [-0.15, -0.1) is 0 Å². The normalized spacial score (nSPS) is 17.2. The van der Waals surface area contributed by atoms with E-state index in [0.29, 0.717) is 37.9 Å². The van der Waals surface area contributed by atoms with Crippen LogP contribution in [-0.4, -0.2) is 60.6 Å². The lowest BCUT2D eigenvalue weighted by Gasteiger charge is -2.50. The number of urea groups is 1. The molecule has 3 N–H and O–H groups in total. The predicted octanol–water partition coefficient (Wildman–Crippen LogP) is 3.14. The predicted molar refractivity (Wildman–Crippen MR) is 121 cm³/mol. The van der Waals surface area contributed by atoms with E-state index in [-0.39, 0.29) is 42.7 Å². The SMILES string of the molecule is CN1c2ccc(F)cc2C(=O)CC12CCN(C(=O)NCc1ccc(F)c(NCCO)c1)CC2. The Labute approximate surface area is 191 Å². The minimum Gasteiger partial charge on any atom is -0.395 e. The van der Waals surface area contributed by atoms with Crippen LogP contribution in [-0.2, 0) is 6.54 Å². The molecule has 0 saturated carbocycles. The molecule has 7 nitrogen and oxygen atoms in total. The van der Waals surface area contributed by atoms with E-state index >= 15 is 0 Å². The van der Waals surface area contributed by atoms with Crippen LogP contribution in [0.25, 0.3) is 0 Å². The second kappa shape index (κ2) is 9.35. The zero-order chi connectivity index (χ0) is 23.6. The highest BCUT2D eigenvalue weighted by Gasteiger charge is 2.45. The summed E-state index contributed by atoms with van der Waals surface area (Å²) in [4.78, 5) is 29.2. The monoisotopic (exact) mass is 458 g/mol. The summed E-state index contributed by atoms with van der Waals surface area (Å²) in [5.74, 6) is -0.909. The number of nitrogens with one attached hydrogen (secondary N) is 2. The van der Waals surface area contributed by atoms with Gasteiger partial charge in [0.2, 0.25) is 0 Å². The Balaban J connectivity index is 1.36. The molecule has 2 aliphatic rings. The fraction of sp³-hybridized carbons (Fsp3) is 0.417. The number of fused-ring (bicyclic) bond motifs is 1. The average Bonchev–Trinajstić information content (AvgIpc) is 2.81. The van der Waals surface area contributed by atoms with Crippen molar-refractivity contribution in [3.05, 3.63) is 59.2 Å². The number of amides is 2. The molecule has 1 spiro atoms. The molecule has 2 aromatic carbocycles. The lowest BCUT2D eigenvalue weighted by molar-refractivity contribution is 0.0890. The van der Waals surface area contributed by atoms with E-state index in [1.165, 1.54) is 18.2 Å². The molecular weight excluding hydrogens is 430 g/mol. The molecule has 2 aliphatic heterocycles. The zero-order valence-electron chi connectivity index (χ0n) is 18.5. The van der Waals surface area contributed by atoms with Crippen LogP contribution >= 0.6 is 0 Å². The van der Waals surface area contributed by atoms with E-state index in [1.807, 2.05) is 7.05 Å². The van der Waals surface area contributed by atoms with Crippen LogP contribution in [0.15, 0.2) is 36.4 Å². The first-order valence-corrected chi connectivity index (χ1v) is 11.1. The number of carbonyl (C=O) groups excluding carboxylic acids is 2. The Morgan fingerprint density at radius 3 is 2.64 bits per heavy atom. The molecule has 0 unspecified atom stereocenters. The number of benzene rings is 2. The number of Topliss-reactive ketones (excluding diaryl/α,β-unsaturated/α-hetero) is 1. The van der Waals surface area contributed by atoms with Crippen molar-refractivity contribution in [1.29, 1.82) is 0 Å². The van der Waals surface area contributed by atoms with Gasteiger partial charge in [-0.05, 0) is 48.7 Å². The van der Waals surface area contributed by atoms with E-state index in [9.17, 15) is 18.4 Å². The number of piperidine rings is 1. The third kappa shape index (κ3) is 4.64. The Kier molecular flexibility index (Phi) is 6.51. The van der Waals surface area contributed by atoms with Crippen LogP contribution in [0, 0.1) is 11.6 Å². The van der Waals surface area contributed by atoms with Crippen molar-refractivity contribution in [2.45, 2.75) is 31.3 Å². The highest BCUT2D eigenvalue weighted by molar-refractivity contribution is 6.04.